The normalized spacial score (nSPS) is 11.9. The predicted octanol–water partition coefficient (Wildman–Crippen LogP) is 15.5. The van der Waals surface area contributed by atoms with Crippen molar-refractivity contribution in [1.29, 1.82) is 0 Å². The molecule has 3 atom stereocenters. The molecular formula is C54H93N9. The summed E-state index contributed by atoms with van der Waals surface area (Å²) in [4.78, 5) is 10.7. The Balaban J connectivity index is 0.000000441. The van der Waals surface area contributed by atoms with Gasteiger partial charge in [0.2, 0.25) is 0 Å². The number of unbranched alkanes of at least 4 members (excludes halogenated alkanes) is 18. The summed E-state index contributed by atoms with van der Waals surface area (Å²) in [6.45, 7) is 13.6. The first kappa shape index (κ1) is 56.5. The molecule has 9 heteroatoms. The molecule has 0 radical (unpaired) electrons. The number of benzene rings is 3. The van der Waals surface area contributed by atoms with E-state index in [-0.39, 0.29) is 0 Å². The molecule has 0 saturated carbocycles. The average molecular weight is 868 g/mol. The minimum Gasteiger partial charge on any atom is -0.399 e. The number of nitrogens with two attached hydrogens (primary N) is 3. The Kier molecular flexibility index (Phi) is 36.1. The highest BCUT2D eigenvalue weighted by molar-refractivity contribution is 5.53. The lowest BCUT2D eigenvalue weighted by Gasteiger charge is -2.15. The van der Waals surface area contributed by atoms with Crippen LogP contribution in [-0.2, 0) is 0 Å². The number of nitrogen functional groups attached to an aromatic ring is 3. The van der Waals surface area contributed by atoms with Crippen molar-refractivity contribution in [3.63, 3.8) is 0 Å². The molecule has 9 N–H and O–H groups in total. The molecule has 0 aliphatic rings. The van der Waals surface area contributed by atoms with E-state index in [2.05, 4.69) is 109 Å². The zero-order valence-electron chi connectivity index (χ0n) is 40.9. The van der Waals surface area contributed by atoms with E-state index in [1.807, 2.05) is 36.4 Å². The van der Waals surface area contributed by atoms with Gasteiger partial charge in [0.15, 0.2) is 0 Å². The molecule has 0 spiro atoms. The van der Waals surface area contributed by atoms with Crippen molar-refractivity contribution in [1.82, 2.24) is 15.0 Å². The highest BCUT2D eigenvalue weighted by Gasteiger charge is 2.04. The van der Waals surface area contributed by atoms with Crippen LogP contribution in [0.2, 0.25) is 0 Å². The fourth-order valence-electron chi connectivity index (χ4n) is 7.24. The topological polar surface area (TPSA) is 153 Å². The number of hydrogen-bond donors (Lipinski definition) is 6. The molecule has 63 heavy (non-hydrogen) atoms. The van der Waals surface area contributed by atoms with Crippen LogP contribution in [0.4, 0.5) is 34.1 Å². The molecule has 4 rings (SSSR count). The van der Waals surface area contributed by atoms with E-state index in [1.165, 1.54) is 190 Å². The van der Waals surface area contributed by atoms with Crippen molar-refractivity contribution in [3.05, 3.63) is 91.8 Å². The fourth-order valence-corrected chi connectivity index (χ4v) is 7.24. The summed E-state index contributed by atoms with van der Waals surface area (Å²) in [5.74, 6) is 0. The second-order valence-electron chi connectivity index (χ2n) is 17.5. The number of aromatic nitrogens is 3. The van der Waals surface area contributed by atoms with Gasteiger partial charge in [0.05, 0.1) is 0 Å². The van der Waals surface area contributed by atoms with Crippen LogP contribution >= 0.6 is 0 Å². The number of nitrogens with one attached hydrogen (secondary N) is 3. The molecule has 0 bridgehead atoms. The molecule has 4 aromatic rings. The maximum absolute atomic E-state index is 5.68. The third-order valence-electron chi connectivity index (χ3n) is 11.1. The lowest BCUT2D eigenvalue weighted by Crippen LogP contribution is -2.14. The minimum atomic E-state index is 0.541. The second-order valence-corrected chi connectivity index (χ2v) is 17.5. The quantitative estimate of drug-likeness (QED) is 0.0222. The lowest BCUT2D eigenvalue weighted by atomic mass is 10.1. The molecule has 0 aliphatic heterocycles. The van der Waals surface area contributed by atoms with Gasteiger partial charge in [-0.1, -0.05) is 156 Å². The van der Waals surface area contributed by atoms with E-state index in [4.69, 9.17) is 17.2 Å². The van der Waals surface area contributed by atoms with Gasteiger partial charge in [-0.05, 0) is 113 Å². The van der Waals surface area contributed by atoms with Crippen LogP contribution in [0.3, 0.4) is 0 Å². The maximum atomic E-state index is 5.68. The van der Waals surface area contributed by atoms with Gasteiger partial charge in [0.25, 0.3) is 0 Å². The van der Waals surface area contributed by atoms with Crippen molar-refractivity contribution < 1.29 is 0 Å². The SMILES string of the molecule is CCCCCCCCCC(C)Nc1ccc(N)cc1.CCCCCCCCCC(C)Nc1ccc(N)cc1.CCCCCCCCCC(C)Nc1ccc(N)cc1.c1ncncn1. The minimum absolute atomic E-state index is 0.541. The third kappa shape index (κ3) is 35.6. The second kappa shape index (κ2) is 40.3. The van der Waals surface area contributed by atoms with Crippen LogP contribution in [0.1, 0.15) is 196 Å². The van der Waals surface area contributed by atoms with E-state index >= 15 is 0 Å². The molecule has 0 aliphatic carbocycles. The van der Waals surface area contributed by atoms with Crippen LogP contribution in [0.15, 0.2) is 91.8 Å². The van der Waals surface area contributed by atoms with Gasteiger partial charge < -0.3 is 33.2 Å². The van der Waals surface area contributed by atoms with Crippen LogP contribution < -0.4 is 33.2 Å². The molecule has 1 heterocycles. The molecule has 0 fully saturated rings. The summed E-state index contributed by atoms with van der Waals surface area (Å²) in [6, 6.07) is 25.6. The van der Waals surface area contributed by atoms with Gasteiger partial charge in [-0.3, -0.25) is 0 Å². The van der Waals surface area contributed by atoms with Gasteiger partial charge in [0.1, 0.15) is 19.0 Å². The molecular weight excluding hydrogens is 775 g/mol. The van der Waals surface area contributed by atoms with Gasteiger partial charge in [-0.25, -0.2) is 15.0 Å². The van der Waals surface area contributed by atoms with Crippen LogP contribution in [-0.4, -0.2) is 33.1 Å². The van der Waals surface area contributed by atoms with E-state index < -0.39 is 0 Å². The average Bonchev–Trinajstić information content (AvgIpc) is 3.29. The molecule has 354 valence electrons. The highest BCUT2D eigenvalue weighted by atomic mass is 14.9. The van der Waals surface area contributed by atoms with Gasteiger partial charge in [0, 0.05) is 52.2 Å². The van der Waals surface area contributed by atoms with Crippen LogP contribution in [0, 0.1) is 0 Å². The highest BCUT2D eigenvalue weighted by Crippen LogP contribution is 2.18. The maximum Gasteiger partial charge on any atom is 0.119 e. The Morgan fingerprint density at radius 1 is 0.333 bits per heavy atom. The molecule has 9 nitrogen and oxygen atoms in total. The predicted molar refractivity (Wildman–Crippen MR) is 279 cm³/mol. The molecule has 3 unspecified atom stereocenters. The Morgan fingerprint density at radius 3 is 0.746 bits per heavy atom. The zero-order chi connectivity index (χ0) is 46.0. The van der Waals surface area contributed by atoms with E-state index in [1.54, 1.807) is 0 Å². The summed E-state index contributed by atoms with van der Waals surface area (Å²) in [5.41, 5.74) is 23.0. The molecule has 1 aromatic heterocycles. The van der Waals surface area contributed by atoms with Gasteiger partial charge in [-0.2, -0.15) is 0 Å². The van der Waals surface area contributed by atoms with Crippen LogP contribution in [0.5, 0.6) is 0 Å². The van der Waals surface area contributed by atoms with Crippen LogP contribution in [0.25, 0.3) is 0 Å². The Morgan fingerprint density at radius 2 is 0.540 bits per heavy atom. The fraction of sp³-hybridized carbons (Fsp3) is 0.611. The smallest absolute Gasteiger partial charge is 0.119 e. The standard InChI is InChI=1S/3C17H30N2.C3H3N3/c3*1-3-4-5-6-7-8-9-10-15(2)19-17-13-11-16(18)12-14-17;1-4-2-6-3-5-1/h3*11-15,19H,3-10,18H2,1-2H3;1-3H. The zero-order valence-corrected chi connectivity index (χ0v) is 40.9. The number of rotatable bonds is 30. The summed E-state index contributed by atoms with van der Waals surface area (Å²) < 4.78 is 0. The first-order valence-corrected chi connectivity index (χ1v) is 25.1. The largest absolute Gasteiger partial charge is 0.399 e. The van der Waals surface area contributed by atoms with Gasteiger partial charge >= 0.3 is 0 Å². The van der Waals surface area contributed by atoms with Gasteiger partial charge in [-0.15, -0.1) is 0 Å². The first-order valence-electron chi connectivity index (χ1n) is 25.1. The number of anilines is 6. The van der Waals surface area contributed by atoms with Crippen molar-refractivity contribution in [2.75, 3.05) is 33.2 Å². The Hall–Kier alpha value is -4.53. The van der Waals surface area contributed by atoms with E-state index in [9.17, 15) is 0 Å². The van der Waals surface area contributed by atoms with E-state index in [0.29, 0.717) is 18.1 Å². The number of nitrogens with zero attached hydrogens (tertiary/aromatic N) is 3. The summed E-state index contributed by atoms with van der Waals surface area (Å²) in [5, 5.41) is 10.6. The first-order chi connectivity index (χ1) is 30.7. The summed E-state index contributed by atoms with van der Waals surface area (Å²) >= 11 is 0. The van der Waals surface area contributed by atoms with Crippen molar-refractivity contribution in [2.24, 2.45) is 0 Å². The van der Waals surface area contributed by atoms with Crippen molar-refractivity contribution >= 4 is 34.1 Å². The monoisotopic (exact) mass is 868 g/mol. The number of hydrogen-bond acceptors (Lipinski definition) is 9. The van der Waals surface area contributed by atoms with Crippen molar-refractivity contribution in [2.45, 2.75) is 214 Å². The molecule has 0 amide bonds. The van der Waals surface area contributed by atoms with E-state index in [0.717, 1.165) is 17.1 Å². The summed E-state index contributed by atoms with van der Waals surface area (Å²) in [6.07, 6.45) is 37.0. The third-order valence-corrected chi connectivity index (χ3v) is 11.1. The Labute approximate surface area is 386 Å². The Bertz CT molecular complexity index is 1330. The lowest BCUT2D eigenvalue weighted by molar-refractivity contribution is 0.557. The molecule has 0 saturated heterocycles. The summed E-state index contributed by atoms with van der Waals surface area (Å²) in [7, 11) is 0. The van der Waals surface area contributed by atoms with Crippen molar-refractivity contribution in [3.8, 4) is 0 Å². The molecule has 3 aromatic carbocycles.